The van der Waals surface area contributed by atoms with Gasteiger partial charge in [0.05, 0.1) is 24.1 Å². The zero-order valence-corrected chi connectivity index (χ0v) is 14.4. The summed E-state index contributed by atoms with van der Waals surface area (Å²) in [5, 5.41) is 2.78. The lowest BCUT2D eigenvalue weighted by molar-refractivity contribution is -0.135. The van der Waals surface area contributed by atoms with Crippen LogP contribution in [0.3, 0.4) is 0 Å². The van der Waals surface area contributed by atoms with E-state index >= 15 is 0 Å². The van der Waals surface area contributed by atoms with Gasteiger partial charge in [0, 0.05) is 39.8 Å². The summed E-state index contributed by atoms with van der Waals surface area (Å²) in [6, 6.07) is 6.69. The molecule has 2 fully saturated rings. The van der Waals surface area contributed by atoms with Crippen molar-refractivity contribution in [2.24, 2.45) is 11.8 Å². The molecule has 0 aromatic heterocycles. The van der Waals surface area contributed by atoms with Crippen molar-refractivity contribution in [3.8, 4) is 0 Å². The third kappa shape index (κ3) is 4.10. The number of benzene rings is 1. The summed E-state index contributed by atoms with van der Waals surface area (Å²) >= 11 is 0. The number of hydrogen-bond donors (Lipinski definition) is 1. The van der Waals surface area contributed by atoms with Crippen LogP contribution in [-0.2, 0) is 14.3 Å². The van der Waals surface area contributed by atoms with Gasteiger partial charge in [0.1, 0.15) is 5.82 Å². The van der Waals surface area contributed by atoms with Gasteiger partial charge in [-0.1, -0.05) is 12.1 Å². The van der Waals surface area contributed by atoms with E-state index in [2.05, 4.69) is 5.32 Å². The normalized spacial score (nSPS) is 22.6. The van der Waals surface area contributed by atoms with Crippen LogP contribution in [0, 0.1) is 17.7 Å². The fraction of sp³-hybridized carbons (Fsp3) is 0.556. The number of hydrogen-bond acceptors (Lipinski definition) is 4. The SMILES string of the molecule is COCCNC(=O)C1CC1C(=O)N1CCN(c2ccccc2F)CC1. The summed E-state index contributed by atoms with van der Waals surface area (Å²) in [4.78, 5) is 28.3. The molecule has 1 N–H and O–H groups in total. The fourth-order valence-corrected chi connectivity index (χ4v) is 3.28. The summed E-state index contributed by atoms with van der Waals surface area (Å²) in [5.41, 5.74) is 0.580. The maximum absolute atomic E-state index is 13.9. The minimum atomic E-state index is -0.239. The van der Waals surface area contributed by atoms with Crippen molar-refractivity contribution in [3.05, 3.63) is 30.1 Å². The van der Waals surface area contributed by atoms with Crippen LogP contribution in [0.1, 0.15) is 6.42 Å². The van der Waals surface area contributed by atoms with Gasteiger partial charge < -0.3 is 19.9 Å². The predicted octanol–water partition coefficient (Wildman–Crippen LogP) is 0.873. The topological polar surface area (TPSA) is 61.9 Å². The first-order chi connectivity index (χ1) is 12.1. The summed E-state index contributed by atoms with van der Waals surface area (Å²) in [6.45, 7) is 3.25. The van der Waals surface area contributed by atoms with Crippen molar-refractivity contribution in [3.63, 3.8) is 0 Å². The molecule has 1 aromatic rings. The van der Waals surface area contributed by atoms with Crippen LogP contribution in [0.5, 0.6) is 0 Å². The minimum absolute atomic E-state index is 0.0417. The highest BCUT2D eigenvalue weighted by Crippen LogP contribution is 2.40. The maximum Gasteiger partial charge on any atom is 0.226 e. The Hall–Kier alpha value is -2.15. The van der Waals surface area contributed by atoms with E-state index in [-0.39, 0.29) is 29.5 Å². The van der Waals surface area contributed by atoms with E-state index in [0.717, 1.165) is 0 Å². The average molecular weight is 349 g/mol. The number of carbonyl (C=O) groups excluding carboxylic acids is 2. The number of nitrogens with zero attached hydrogens (tertiary/aromatic N) is 2. The molecule has 1 aliphatic carbocycles. The minimum Gasteiger partial charge on any atom is -0.383 e. The monoisotopic (exact) mass is 349 g/mol. The van der Waals surface area contributed by atoms with Gasteiger partial charge in [-0.2, -0.15) is 0 Å². The van der Waals surface area contributed by atoms with Gasteiger partial charge in [0.2, 0.25) is 11.8 Å². The largest absolute Gasteiger partial charge is 0.383 e. The molecule has 0 spiro atoms. The highest BCUT2D eigenvalue weighted by molar-refractivity contribution is 5.92. The number of ether oxygens (including phenoxy) is 1. The lowest BCUT2D eigenvalue weighted by Crippen LogP contribution is -2.49. The number of methoxy groups -OCH3 is 1. The molecule has 0 bridgehead atoms. The number of amides is 2. The van der Waals surface area contributed by atoms with Gasteiger partial charge in [-0.15, -0.1) is 0 Å². The van der Waals surface area contributed by atoms with Crippen molar-refractivity contribution < 1.29 is 18.7 Å². The lowest BCUT2D eigenvalue weighted by atomic mass is 10.2. The standard InChI is InChI=1S/C18H24FN3O3/c1-25-11-6-20-17(23)13-12-14(13)18(24)22-9-7-21(8-10-22)16-5-3-2-4-15(16)19/h2-5,13-14H,6-12H2,1H3,(H,20,23). The Kier molecular flexibility index (Phi) is 5.53. The fourth-order valence-electron chi connectivity index (χ4n) is 3.28. The second-order valence-electron chi connectivity index (χ2n) is 6.50. The maximum atomic E-state index is 13.9. The molecule has 136 valence electrons. The van der Waals surface area contributed by atoms with Crippen LogP contribution in [0.15, 0.2) is 24.3 Å². The molecule has 2 aliphatic rings. The molecule has 1 aromatic carbocycles. The molecular formula is C18H24FN3O3. The summed E-state index contributed by atoms with van der Waals surface area (Å²) in [7, 11) is 1.58. The van der Waals surface area contributed by atoms with E-state index in [1.54, 1.807) is 24.1 Å². The van der Waals surface area contributed by atoms with Crippen LogP contribution in [0.4, 0.5) is 10.1 Å². The number of anilines is 1. The van der Waals surface area contributed by atoms with Crippen molar-refractivity contribution >= 4 is 17.5 Å². The van der Waals surface area contributed by atoms with Crippen LogP contribution < -0.4 is 10.2 Å². The van der Waals surface area contributed by atoms with Crippen LogP contribution in [0.25, 0.3) is 0 Å². The van der Waals surface area contributed by atoms with Crippen molar-refractivity contribution in [1.82, 2.24) is 10.2 Å². The van der Waals surface area contributed by atoms with Crippen LogP contribution in [-0.4, -0.2) is 63.2 Å². The summed E-state index contributed by atoms with van der Waals surface area (Å²) < 4.78 is 18.8. The molecule has 2 unspecified atom stereocenters. The molecule has 6 nitrogen and oxygen atoms in total. The Balaban J connectivity index is 1.47. The highest BCUT2D eigenvalue weighted by atomic mass is 19.1. The van der Waals surface area contributed by atoms with E-state index in [4.69, 9.17) is 4.74 Å². The van der Waals surface area contributed by atoms with E-state index in [1.165, 1.54) is 6.07 Å². The number of rotatable bonds is 6. The Morgan fingerprint density at radius 3 is 2.60 bits per heavy atom. The quantitative estimate of drug-likeness (QED) is 0.775. The number of para-hydroxylation sites is 1. The third-order valence-corrected chi connectivity index (χ3v) is 4.83. The molecule has 2 atom stereocenters. The number of halogens is 1. The number of piperazine rings is 1. The van der Waals surface area contributed by atoms with E-state index in [9.17, 15) is 14.0 Å². The second kappa shape index (κ2) is 7.82. The average Bonchev–Trinajstić information content (AvgIpc) is 3.43. The van der Waals surface area contributed by atoms with Gasteiger partial charge in [-0.3, -0.25) is 9.59 Å². The zero-order chi connectivity index (χ0) is 17.8. The second-order valence-corrected chi connectivity index (χ2v) is 6.50. The number of nitrogens with one attached hydrogen (secondary N) is 1. The molecule has 7 heteroatoms. The molecular weight excluding hydrogens is 325 g/mol. The van der Waals surface area contributed by atoms with E-state index in [0.29, 0.717) is 51.4 Å². The van der Waals surface area contributed by atoms with Crippen LogP contribution >= 0.6 is 0 Å². The van der Waals surface area contributed by atoms with Crippen molar-refractivity contribution in [2.45, 2.75) is 6.42 Å². The number of carbonyl (C=O) groups is 2. The van der Waals surface area contributed by atoms with Crippen LogP contribution in [0.2, 0.25) is 0 Å². The highest BCUT2D eigenvalue weighted by Gasteiger charge is 2.49. The Bertz CT molecular complexity index is 632. The first kappa shape index (κ1) is 17.7. The van der Waals surface area contributed by atoms with Gasteiger partial charge in [0.25, 0.3) is 0 Å². The summed E-state index contributed by atoms with van der Waals surface area (Å²) in [6.07, 6.45) is 0.616. The predicted molar refractivity (Wildman–Crippen MR) is 91.7 cm³/mol. The van der Waals surface area contributed by atoms with Crippen molar-refractivity contribution in [1.29, 1.82) is 0 Å². The first-order valence-electron chi connectivity index (χ1n) is 8.66. The molecule has 1 saturated heterocycles. The van der Waals surface area contributed by atoms with Crippen molar-refractivity contribution in [2.75, 3.05) is 51.3 Å². The third-order valence-electron chi connectivity index (χ3n) is 4.83. The van der Waals surface area contributed by atoms with Gasteiger partial charge >= 0.3 is 0 Å². The molecule has 1 saturated carbocycles. The van der Waals surface area contributed by atoms with Gasteiger partial charge in [-0.25, -0.2) is 4.39 Å². The van der Waals surface area contributed by atoms with Gasteiger partial charge in [0.15, 0.2) is 0 Å². The molecule has 3 rings (SSSR count). The first-order valence-corrected chi connectivity index (χ1v) is 8.66. The Morgan fingerprint density at radius 1 is 1.20 bits per heavy atom. The zero-order valence-electron chi connectivity index (χ0n) is 14.4. The Labute approximate surface area is 146 Å². The summed E-state index contributed by atoms with van der Waals surface area (Å²) in [5.74, 6) is -0.686. The smallest absolute Gasteiger partial charge is 0.226 e. The van der Waals surface area contributed by atoms with Gasteiger partial charge in [-0.05, 0) is 18.6 Å². The Morgan fingerprint density at radius 2 is 1.92 bits per heavy atom. The van der Waals surface area contributed by atoms with E-state index < -0.39 is 0 Å². The molecule has 1 aliphatic heterocycles. The molecule has 2 amide bonds. The van der Waals surface area contributed by atoms with E-state index in [1.807, 2.05) is 11.0 Å². The molecule has 25 heavy (non-hydrogen) atoms. The lowest BCUT2D eigenvalue weighted by Gasteiger charge is -2.36. The molecule has 1 heterocycles. The molecule has 0 radical (unpaired) electrons.